The van der Waals surface area contributed by atoms with Crippen molar-refractivity contribution in [2.45, 2.75) is 25.5 Å². The van der Waals surface area contributed by atoms with E-state index in [-0.39, 0.29) is 24.4 Å². The van der Waals surface area contributed by atoms with Gasteiger partial charge in [0, 0.05) is 31.3 Å². The summed E-state index contributed by atoms with van der Waals surface area (Å²) >= 11 is 0. The zero-order chi connectivity index (χ0) is 16.8. The lowest BCUT2D eigenvalue weighted by atomic mass is 10.1. The van der Waals surface area contributed by atoms with E-state index in [1.165, 1.54) is 12.1 Å². The molecule has 1 aromatic heterocycles. The van der Waals surface area contributed by atoms with Crippen LogP contribution in [0.5, 0.6) is 0 Å². The van der Waals surface area contributed by atoms with Gasteiger partial charge in [-0.2, -0.15) is 0 Å². The van der Waals surface area contributed by atoms with Gasteiger partial charge in [-0.1, -0.05) is 18.2 Å². The fourth-order valence-corrected chi connectivity index (χ4v) is 2.74. The molecule has 0 bridgehead atoms. The minimum atomic E-state index is -0.308. The van der Waals surface area contributed by atoms with Gasteiger partial charge < -0.3 is 14.1 Å². The number of furan rings is 1. The van der Waals surface area contributed by atoms with Crippen LogP contribution in [0.2, 0.25) is 0 Å². The van der Waals surface area contributed by atoms with Crippen molar-refractivity contribution in [2.75, 3.05) is 13.2 Å². The van der Waals surface area contributed by atoms with E-state index >= 15 is 0 Å². The van der Waals surface area contributed by atoms with Gasteiger partial charge in [0.2, 0.25) is 5.91 Å². The van der Waals surface area contributed by atoms with Crippen LogP contribution in [-0.2, 0) is 16.1 Å². The third kappa shape index (κ3) is 4.32. The largest absolute Gasteiger partial charge is 0.465 e. The van der Waals surface area contributed by atoms with Crippen molar-refractivity contribution >= 4 is 12.0 Å². The van der Waals surface area contributed by atoms with Crippen LogP contribution < -0.4 is 0 Å². The number of benzene rings is 1. The standard InChI is InChI=1S/C19H20FNO3/c20-18-8-2-1-5-15(18)13-21(14-17-7-4-12-24-17)19(22)10-9-16-6-3-11-23-16/h1-3,5-6,8-11,17H,4,7,12-14H2/b10-9+. The Kier molecular flexibility index (Phi) is 5.43. The molecule has 0 aliphatic carbocycles. The Hall–Kier alpha value is -2.40. The van der Waals surface area contributed by atoms with Crippen molar-refractivity contribution in [3.8, 4) is 0 Å². The molecule has 5 heteroatoms. The molecule has 0 radical (unpaired) electrons. The molecule has 1 aromatic carbocycles. The number of rotatable bonds is 6. The molecule has 1 saturated heterocycles. The third-order valence-electron chi connectivity index (χ3n) is 4.01. The second-order valence-corrected chi connectivity index (χ2v) is 5.79. The van der Waals surface area contributed by atoms with Gasteiger partial charge in [-0.05, 0) is 37.1 Å². The number of carbonyl (C=O) groups excluding carboxylic acids is 1. The van der Waals surface area contributed by atoms with Crippen LogP contribution in [0.15, 0.2) is 53.2 Å². The number of nitrogens with zero attached hydrogens (tertiary/aromatic N) is 1. The molecule has 3 rings (SSSR count). The van der Waals surface area contributed by atoms with Gasteiger partial charge in [-0.15, -0.1) is 0 Å². The topological polar surface area (TPSA) is 42.7 Å². The molecule has 0 spiro atoms. The third-order valence-corrected chi connectivity index (χ3v) is 4.01. The Morgan fingerprint density at radius 1 is 1.29 bits per heavy atom. The molecule has 2 aromatic rings. The lowest BCUT2D eigenvalue weighted by Crippen LogP contribution is -2.36. The van der Waals surface area contributed by atoms with Crippen LogP contribution in [0.4, 0.5) is 4.39 Å². The van der Waals surface area contributed by atoms with Crippen LogP contribution in [0.1, 0.15) is 24.2 Å². The Labute approximate surface area is 140 Å². The fourth-order valence-electron chi connectivity index (χ4n) is 2.74. The number of halogens is 1. The van der Waals surface area contributed by atoms with Crippen molar-refractivity contribution in [1.82, 2.24) is 4.90 Å². The average molecular weight is 329 g/mol. The highest BCUT2D eigenvalue weighted by Crippen LogP contribution is 2.17. The van der Waals surface area contributed by atoms with E-state index in [0.29, 0.717) is 24.5 Å². The lowest BCUT2D eigenvalue weighted by Gasteiger charge is -2.24. The van der Waals surface area contributed by atoms with E-state index in [0.717, 1.165) is 12.8 Å². The lowest BCUT2D eigenvalue weighted by molar-refractivity contribution is -0.128. The molecular weight excluding hydrogens is 309 g/mol. The van der Waals surface area contributed by atoms with E-state index in [1.807, 2.05) is 0 Å². The van der Waals surface area contributed by atoms with Crippen molar-refractivity contribution < 1.29 is 18.3 Å². The van der Waals surface area contributed by atoms with Gasteiger partial charge in [-0.3, -0.25) is 4.79 Å². The van der Waals surface area contributed by atoms with E-state index < -0.39 is 0 Å². The predicted molar refractivity (Wildman–Crippen MR) is 88.5 cm³/mol. The van der Waals surface area contributed by atoms with Crippen molar-refractivity contribution in [2.24, 2.45) is 0 Å². The van der Waals surface area contributed by atoms with Gasteiger partial charge in [0.05, 0.1) is 12.4 Å². The molecule has 4 nitrogen and oxygen atoms in total. The molecule has 126 valence electrons. The smallest absolute Gasteiger partial charge is 0.247 e. The first-order valence-electron chi connectivity index (χ1n) is 8.08. The summed E-state index contributed by atoms with van der Waals surface area (Å²) < 4.78 is 24.7. The highest BCUT2D eigenvalue weighted by atomic mass is 19.1. The summed E-state index contributed by atoms with van der Waals surface area (Å²) in [6.07, 6.45) is 6.55. The summed E-state index contributed by atoms with van der Waals surface area (Å²) in [5.74, 6) is 0.106. The SMILES string of the molecule is O=C(/C=C/c1ccco1)N(Cc1ccccc1F)CC1CCCO1. The average Bonchev–Trinajstić information content (AvgIpc) is 3.27. The molecule has 1 aliphatic rings. The molecular formula is C19H20FNO3. The maximum Gasteiger partial charge on any atom is 0.247 e. The van der Waals surface area contributed by atoms with Crippen LogP contribution in [0, 0.1) is 5.82 Å². The molecule has 1 aliphatic heterocycles. The van der Waals surface area contributed by atoms with Crippen LogP contribution >= 0.6 is 0 Å². The summed E-state index contributed by atoms with van der Waals surface area (Å²) in [4.78, 5) is 14.2. The first kappa shape index (κ1) is 16.5. The normalized spacial score (nSPS) is 17.5. The van der Waals surface area contributed by atoms with Crippen LogP contribution in [-0.4, -0.2) is 30.1 Å². The van der Waals surface area contributed by atoms with Crippen LogP contribution in [0.3, 0.4) is 0 Å². The van der Waals surface area contributed by atoms with Gasteiger partial charge >= 0.3 is 0 Å². The number of ether oxygens (including phenoxy) is 1. The summed E-state index contributed by atoms with van der Waals surface area (Å²) in [6, 6.07) is 10.0. The predicted octanol–water partition coefficient (Wildman–Crippen LogP) is 3.64. The van der Waals surface area contributed by atoms with Gasteiger partial charge in [0.25, 0.3) is 0 Å². The maximum absolute atomic E-state index is 13.9. The minimum Gasteiger partial charge on any atom is -0.465 e. The first-order chi connectivity index (χ1) is 11.7. The Balaban J connectivity index is 1.73. The second-order valence-electron chi connectivity index (χ2n) is 5.79. The van der Waals surface area contributed by atoms with Crippen molar-refractivity contribution in [3.63, 3.8) is 0 Å². The monoisotopic (exact) mass is 329 g/mol. The number of hydrogen-bond donors (Lipinski definition) is 0. The summed E-state index contributed by atoms with van der Waals surface area (Å²) in [5, 5.41) is 0. The number of carbonyl (C=O) groups is 1. The fraction of sp³-hybridized carbons (Fsp3) is 0.316. The van der Waals surface area contributed by atoms with Gasteiger partial charge in [0.1, 0.15) is 11.6 Å². The maximum atomic E-state index is 13.9. The van der Waals surface area contributed by atoms with E-state index in [9.17, 15) is 9.18 Å². The van der Waals surface area contributed by atoms with E-state index in [2.05, 4.69) is 0 Å². The van der Waals surface area contributed by atoms with Crippen molar-refractivity contribution in [1.29, 1.82) is 0 Å². The van der Waals surface area contributed by atoms with Crippen LogP contribution in [0.25, 0.3) is 6.08 Å². The molecule has 1 unspecified atom stereocenters. The molecule has 1 amide bonds. The molecule has 0 saturated carbocycles. The quantitative estimate of drug-likeness (QED) is 0.760. The van der Waals surface area contributed by atoms with Gasteiger partial charge in [-0.25, -0.2) is 4.39 Å². The molecule has 1 fully saturated rings. The van der Waals surface area contributed by atoms with Crippen molar-refractivity contribution in [3.05, 3.63) is 65.9 Å². The first-order valence-corrected chi connectivity index (χ1v) is 8.08. The molecule has 2 heterocycles. The molecule has 1 atom stereocenters. The summed E-state index contributed by atoms with van der Waals surface area (Å²) in [5.41, 5.74) is 0.496. The summed E-state index contributed by atoms with van der Waals surface area (Å²) in [7, 11) is 0. The number of amides is 1. The number of hydrogen-bond acceptors (Lipinski definition) is 3. The van der Waals surface area contributed by atoms with Gasteiger partial charge in [0.15, 0.2) is 0 Å². The zero-order valence-electron chi connectivity index (χ0n) is 13.4. The second kappa shape index (κ2) is 7.93. The van der Waals surface area contributed by atoms with E-state index in [1.54, 1.807) is 47.6 Å². The Morgan fingerprint density at radius 3 is 2.88 bits per heavy atom. The van der Waals surface area contributed by atoms with E-state index in [4.69, 9.17) is 9.15 Å². The summed E-state index contributed by atoms with van der Waals surface area (Å²) in [6.45, 7) is 1.39. The highest BCUT2D eigenvalue weighted by Gasteiger charge is 2.22. The highest BCUT2D eigenvalue weighted by molar-refractivity contribution is 5.91. The Bertz CT molecular complexity index is 690. The zero-order valence-corrected chi connectivity index (χ0v) is 13.4. The molecule has 0 N–H and O–H groups in total. The minimum absolute atomic E-state index is 0.0118. The molecule has 24 heavy (non-hydrogen) atoms. The Morgan fingerprint density at radius 2 is 2.17 bits per heavy atom.